The number of fused-ring (bicyclic) bond motifs is 1. The molecule has 1 saturated heterocycles. The summed E-state index contributed by atoms with van der Waals surface area (Å²) in [5, 5.41) is 15.6. The van der Waals surface area contributed by atoms with Crippen molar-refractivity contribution in [2.45, 2.75) is 25.4 Å². The van der Waals surface area contributed by atoms with Crippen LogP contribution in [0.4, 0.5) is 21.1 Å². The molecular weight excluding hydrogens is 427 g/mol. The first-order chi connectivity index (χ1) is 14.9. The lowest BCUT2D eigenvalue weighted by atomic mass is 10.2. The summed E-state index contributed by atoms with van der Waals surface area (Å²) in [5.74, 6) is -0.192. The summed E-state index contributed by atoms with van der Waals surface area (Å²) in [6.45, 7) is 0.250. The Balaban J connectivity index is 1.49. The number of aromatic nitrogens is 4. The van der Waals surface area contributed by atoms with Crippen molar-refractivity contribution in [2.24, 2.45) is 0 Å². The molecule has 3 aromatic rings. The second-order valence-corrected chi connectivity index (χ2v) is 7.66. The van der Waals surface area contributed by atoms with Gasteiger partial charge in [0.15, 0.2) is 5.65 Å². The largest absolute Gasteiger partial charge is 0.351 e. The fourth-order valence-corrected chi connectivity index (χ4v) is 3.36. The van der Waals surface area contributed by atoms with Gasteiger partial charge < -0.3 is 16.0 Å². The first-order valence-electron chi connectivity index (χ1n) is 9.50. The number of anilines is 2. The van der Waals surface area contributed by atoms with E-state index in [9.17, 15) is 14.0 Å². The van der Waals surface area contributed by atoms with Crippen molar-refractivity contribution in [3.8, 4) is 0 Å². The van der Waals surface area contributed by atoms with E-state index < -0.39 is 17.8 Å². The van der Waals surface area contributed by atoms with Crippen molar-refractivity contribution in [1.82, 2.24) is 30.2 Å². The predicted molar refractivity (Wildman–Crippen MR) is 111 cm³/mol. The van der Waals surface area contributed by atoms with Crippen LogP contribution in [0.2, 0.25) is 5.02 Å². The maximum absolute atomic E-state index is 13.6. The number of amides is 3. The highest BCUT2D eigenvalue weighted by molar-refractivity contribution is 6.30. The Morgan fingerprint density at radius 1 is 1.23 bits per heavy atom. The minimum Gasteiger partial charge on any atom is -0.351 e. The summed E-state index contributed by atoms with van der Waals surface area (Å²) >= 11 is 5.92. The molecule has 0 atom stereocenters. The minimum absolute atomic E-state index is 0.0964. The molecule has 1 aliphatic carbocycles. The van der Waals surface area contributed by atoms with E-state index in [4.69, 9.17) is 11.6 Å². The molecule has 3 heterocycles. The highest BCUT2D eigenvalue weighted by Gasteiger charge is 2.26. The lowest BCUT2D eigenvalue weighted by molar-refractivity contribution is -0.115. The van der Waals surface area contributed by atoms with Crippen LogP contribution < -0.4 is 21.3 Å². The number of carbonyl (C=O) groups excluding carboxylic acids is 2. The van der Waals surface area contributed by atoms with Gasteiger partial charge in [0.1, 0.15) is 11.5 Å². The molecule has 0 unspecified atom stereocenters. The van der Waals surface area contributed by atoms with Crippen LogP contribution in [-0.4, -0.2) is 37.6 Å². The fraction of sp³-hybridized carbons (Fsp3) is 0.211. The Kier molecular flexibility index (Phi) is 4.66. The first-order valence-corrected chi connectivity index (χ1v) is 9.87. The van der Waals surface area contributed by atoms with Crippen molar-refractivity contribution in [3.05, 3.63) is 52.1 Å². The van der Waals surface area contributed by atoms with Crippen LogP contribution in [0.25, 0.3) is 11.7 Å². The molecule has 31 heavy (non-hydrogen) atoms. The van der Waals surface area contributed by atoms with E-state index in [1.807, 2.05) is 0 Å². The molecule has 12 heteroatoms. The lowest BCUT2D eigenvalue weighted by Gasteiger charge is -2.10. The van der Waals surface area contributed by atoms with Gasteiger partial charge in [-0.2, -0.15) is 19.6 Å². The Bertz CT molecular complexity index is 1230. The third-order valence-electron chi connectivity index (χ3n) is 4.70. The van der Waals surface area contributed by atoms with Gasteiger partial charge in [0.25, 0.3) is 5.91 Å². The van der Waals surface area contributed by atoms with Gasteiger partial charge in [-0.25, -0.2) is 9.18 Å². The zero-order chi connectivity index (χ0) is 21.5. The van der Waals surface area contributed by atoms with E-state index in [1.165, 1.54) is 28.9 Å². The molecule has 0 spiro atoms. The number of hydrogen-bond donors (Lipinski definition) is 4. The van der Waals surface area contributed by atoms with Gasteiger partial charge in [-0.3, -0.25) is 10.1 Å². The van der Waals surface area contributed by atoms with Gasteiger partial charge in [0, 0.05) is 23.2 Å². The SMILES string of the molecule is O=C1NC(=O)/C(=C/c2cnn3c(NC4CC4)nc(NCc4cc(F)cc(Cl)c4)nc23)N1. The molecule has 1 aromatic carbocycles. The molecule has 3 amide bonds. The maximum atomic E-state index is 13.6. The number of hydrogen-bond acceptors (Lipinski definition) is 7. The van der Waals surface area contributed by atoms with Gasteiger partial charge in [-0.05, 0) is 42.7 Å². The quantitative estimate of drug-likeness (QED) is 0.341. The monoisotopic (exact) mass is 442 g/mol. The zero-order valence-corrected chi connectivity index (χ0v) is 16.7. The van der Waals surface area contributed by atoms with E-state index in [0.29, 0.717) is 33.8 Å². The molecule has 1 saturated carbocycles. The molecule has 2 aromatic heterocycles. The average molecular weight is 443 g/mol. The maximum Gasteiger partial charge on any atom is 0.326 e. The molecule has 10 nitrogen and oxygen atoms in total. The number of halogens is 2. The van der Waals surface area contributed by atoms with E-state index >= 15 is 0 Å². The molecule has 158 valence electrons. The zero-order valence-electron chi connectivity index (χ0n) is 15.9. The smallest absolute Gasteiger partial charge is 0.326 e. The number of carbonyl (C=O) groups is 2. The summed E-state index contributed by atoms with van der Waals surface area (Å²) in [6.07, 6.45) is 5.08. The van der Waals surface area contributed by atoms with Crippen LogP contribution >= 0.6 is 11.6 Å². The Morgan fingerprint density at radius 3 is 2.77 bits per heavy atom. The number of rotatable bonds is 6. The molecule has 2 aliphatic rings. The Labute approximate surface area is 179 Å². The van der Waals surface area contributed by atoms with Crippen molar-refractivity contribution in [1.29, 1.82) is 0 Å². The van der Waals surface area contributed by atoms with E-state index in [1.54, 1.807) is 6.07 Å². The minimum atomic E-state index is -0.588. The van der Waals surface area contributed by atoms with Gasteiger partial charge in [-0.1, -0.05) is 11.6 Å². The van der Waals surface area contributed by atoms with Crippen LogP contribution in [0.5, 0.6) is 0 Å². The molecule has 2 fully saturated rings. The van der Waals surface area contributed by atoms with Crippen molar-refractivity contribution >= 4 is 47.2 Å². The van der Waals surface area contributed by atoms with Gasteiger partial charge in [0.05, 0.1) is 6.20 Å². The highest BCUT2D eigenvalue weighted by Crippen LogP contribution is 2.26. The van der Waals surface area contributed by atoms with Crippen LogP contribution in [0.15, 0.2) is 30.1 Å². The highest BCUT2D eigenvalue weighted by atomic mass is 35.5. The predicted octanol–water partition coefficient (Wildman–Crippen LogP) is 2.28. The topological polar surface area (TPSA) is 125 Å². The van der Waals surface area contributed by atoms with Crippen LogP contribution in [0.3, 0.4) is 0 Å². The summed E-state index contributed by atoms with van der Waals surface area (Å²) in [4.78, 5) is 32.2. The van der Waals surface area contributed by atoms with Gasteiger partial charge >= 0.3 is 6.03 Å². The number of nitrogens with one attached hydrogen (secondary N) is 4. The van der Waals surface area contributed by atoms with E-state index in [2.05, 4.69) is 36.3 Å². The second-order valence-electron chi connectivity index (χ2n) is 7.22. The summed E-state index contributed by atoms with van der Waals surface area (Å²) in [6, 6.07) is 3.97. The van der Waals surface area contributed by atoms with Crippen molar-refractivity contribution < 1.29 is 14.0 Å². The number of nitrogens with zero attached hydrogens (tertiary/aromatic N) is 4. The van der Waals surface area contributed by atoms with Crippen molar-refractivity contribution in [2.75, 3.05) is 10.6 Å². The second kappa shape index (κ2) is 7.51. The van der Waals surface area contributed by atoms with E-state index in [0.717, 1.165) is 12.8 Å². The van der Waals surface area contributed by atoms with Gasteiger partial charge in [0.2, 0.25) is 11.9 Å². The fourth-order valence-electron chi connectivity index (χ4n) is 3.11. The van der Waals surface area contributed by atoms with E-state index in [-0.39, 0.29) is 18.2 Å². The third-order valence-corrected chi connectivity index (χ3v) is 4.92. The normalized spacial score (nSPS) is 17.2. The van der Waals surface area contributed by atoms with Crippen LogP contribution in [-0.2, 0) is 11.3 Å². The molecule has 4 N–H and O–H groups in total. The van der Waals surface area contributed by atoms with Gasteiger partial charge in [-0.15, -0.1) is 0 Å². The molecular formula is C19H16ClFN8O2. The average Bonchev–Trinajstić information content (AvgIpc) is 3.34. The summed E-state index contributed by atoms with van der Waals surface area (Å²) < 4.78 is 15.1. The third kappa shape index (κ3) is 4.12. The molecule has 5 rings (SSSR count). The molecule has 0 bridgehead atoms. The van der Waals surface area contributed by atoms with Crippen LogP contribution in [0.1, 0.15) is 24.0 Å². The summed E-state index contributed by atoms with van der Waals surface area (Å²) in [7, 11) is 0. The first kappa shape index (κ1) is 19.2. The Hall–Kier alpha value is -3.73. The molecule has 0 radical (unpaired) electrons. The number of imide groups is 1. The summed E-state index contributed by atoms with van der Waals surface area (Å²) in [5.41, 5.74) is 1.68. The van der Waals surface area contributed by atoms with Crippen molar-refractivity contribution in [3.63, 3.8) is 0 Å². The number of benzene rings is 1. The lowest BCUT2D eigenvalue weighted by Crippen LogP contribution is -2.22. The van der Waals surface area contributed by atoms with Crippen LogP contribution in [0, 0.1) is 5.82 Å². The number of urea groups is 1. The molecule has 1 aliphatic heterocycles. The standard InChI is InChI=1S/C19H16ClFN8O2/c20-11-3-9(4-12(21)6-11)7-22-17-26-15-10(5-14-16(30)27-19(31)25-14)8-23-29(15)18(28-17)24-13-1-2-13/h3-6,8,13H,1-2,7H2,(H2,22,24,26,28)(H2,25,27,30,31)/b14-5-. The Morgan fingerprint density at radius 2 is 2.06 bits per heavy atom.